The molecule has 1 aromatic heterocycles. The Kier molecular flexibility index (Phi) is 2.90. The van der Waals surface area contributed by atoms with Crippen LogP contribution in [0.5, 0.6) is 0 Å². The van der Waals surface area contributed by atoms with Crippen LogP contribution >= 0.6 is 0 Å². The Labute approximate surface area is 83.5 Å². The molecule has 1 heterocycles. The van der Waals surface area contributed by atoms with Gasteiger partial charge in [-0.05, 0) is 13.0 Å². The second kappa shape index (κ2) is 3.79. The number of carbonyl (C=O) groups excluding carboxylic acids is 1. The summed E-state index contributed by atoms with van der Waals surface area (Å²) in [6.45, 7) is 1.86. The van der Waals surface area contributed by atoms with Crippen LogP contribution in [0.4, 0.5) is 0 Å². The van der Waals surface area contributed by atoms with E-state index < -0.39 is 0 Å². The van der Waals surface area contributed by atoms with Crippen LogP contribution in [0.3, 0.4) is 0 Å². The molecule has 2 N–H and O–H groups in total. The number of carbonyl (C=O) groups is 1. The summed E-state index contributed by atoms with van der Waals surface area (Å²) in [6.07, 6.45) is 0. The van der Waals surface area contributed by atoms with Crippen molar-refractivity contribution < 1.29 is 4.79 Å². The van der Waals surface area contributed by atoms with Crippen molar-refractivity contribution in [3.63, 3.8) is 0 Å². The number of nitrogens with two attached hydrogens (primary N) is 1. The van der Waals surface area contributed by atoms with Crippen molar-refractivity contribution in [2.24, 2.45) is 12.8 Å². The molecule has 1 rings (SSSR count). The third kappa shape index (κ3) is 1.93. The lowest BCUT2D eigenvalue weighted by molar-refractivity contribution is 0.0821. The highest BCUT2D eigenvalue weighted by Crippen LogP contribution is 2.11. The van der Waals surface area contributed by atoms with Crippen molar-refractivity contribution in [2.45, 2.75) is 13.0 Å². The van der Waals surface area contributed by atoms with E-state index in [1.165, 1.54) is 4.90 Å². The minimum atomic E-state index is -0.115. The van der Waals surface area contributed by atoms with Crippen molar-refractivity contribution in [3.05, 3.63) is 17.5 Å². The maximum Gasteiger partial charge on any atom is 0.273 e. The van der Waals surface area contributed by atoms with Gasteiger partial charge in [0.2, 0.25) is 0 Å². The van der Waals surface area contributed by atoms with Gasteiger partial charge in [0.1, 0.15) is 0 Å². The molecule has 5 nitrogen and oxygen atoms in total. The van der Waals surface area contributed by atoms with E-state index in [1.54, 1.807) is 31.9 Å². The van der Waals surface area contributed by atoms with Gasteiger partial charge in [0.05, 0.1) is 5.69 Å². The number of amides is 1. The van der Waals surface area contributed by atoms with E-state index in [0.717, 1.165) is 5.69 Å². The van der Waals surface area contributed by atoms with Gasteiger partial charge in [-0.3, -0.25) is 9.48 Å². The second-order valence-electron chi connectivity index (χ2n) is 3.57. The van der Waals surface area contributed by atoms with Crippen LogP contribution in [0.1, 0.15) is 29.1 Å². The van der Waals surface area contributed by atoms with Crippen LogP contribution in [0.15, 0.2) is 6.07 Å². The first-order valence-corrected chi connectivity index (χ1v) is 4.44. The number of hydrogen-bond acceptors (Lipinski definition) is 3. The summed E-state index contributed by atoms with van der Waals surface area (Å²) in [5, 5.41) is 4.10. The van der Waals surface area contributed by atoms with E-state index in [9.17, 15) is 4.79 Å². The van der Waals surface area contributed by atoms with Crippen LogP contribution < -0.4 is 5.73 Å². The van der Waals surface area contributed by atoms with Gasteiger partial charge in [-0.15, -0.1) is 0 Å². The summed E-state index contributed by atoms with van der Waals surface area (Å²) in [5.74, 6) is -0.104. The first-order chi connectivity index (χ1) is 6.43. The summed E-state index contributed by atoms with van der Waals surface area (Å²) in [7, 11) is 5.18. The molecular formula is C9H16N4O. The summed E-state index contributed by atoms with van der Waals surface area (Å²) in [6, 6.07) is 1.61. The largest absolute Gasteiger partial charge is 0.343 e. The number of rotatable bonds is 2. The lowest BCUT2D eigenvalue weighted by Gasteiger charge is -2.06. The summed E-state index contributed by atoms with van der Waals surface area (Å²) < 4.78 is 1.64. The molecule has 0 saturated carbocycles. The lowest BCUT2D eigenvalue weighted by atomic mass is 10.2. The monoisotopic (exact) mass is 196 g/mol. The zero-order valence-corrected chi connectivity index (χ0v) is 8.98. The van der Waals surface area contributed by atoms with Crippen molar-refractivity contribution in [1.29, 1.82) is 0 Å². The standard InChI is InChI=1S/C9H16N4O/c1-6(10)8-5-7(11-13(8)4)9(14)12(2)3/h5-6H,10H2,1-4H3/t6-/m0/s1. The molecule has 0 fully saturated rings. The van der Waals surface area contributed by atoms with Gasteiger partial charge in [0.25, 0.3) is 5.91 Å². The molecule has 0 radical (unpaired) electrons. The third-order valence-corrected chi connectivity index (χ3v) is 2.01. The Morgan fingerprint density at radius 2 is 2.21 bits per heavy atom. The molecule has 0 aliphatic rings. The minimum absolute atomic E-state index is 0.104. The normalized spacial score (nSPS) is 12.6. The molecule has 1 amide bonds. The molecule has 1 aromatic rings. The molecule has 1 atom stereocenters. The Morgan fingerprint density at radius 3 is 2.57 bits per heavy atom. The number of nitrogens with zero attached hydrogens (tertiary/aromatic N) is 3. The predicted octanol–water partition coefficient (Wildman–Crippen LogP) is 0.142. The maximum atomic E-state index is 11.5. The van der Waals surface area contributed by atoms with Gasteiger partial charge in [-0.1, -0.05) is 0 Å². The van der Waals surface area contributed by atoms with E-state index in [4.69, 9.17) is 5.73 Å². The van der Waals surface area contributed by atoms with Crippen molar-refractivity contribution in [1.82, 2.24) is 14.7 Å². The fourth-order valence-corrected chi connectivity index (χ4v) is 1.24. The topological polar surface area (TPSA) is 64.2 Å². The first-order valence-electron chi connectivity index (χ1n) is 4.44. The quantitative estimate of drug-likeness (QED) is 0.732. The average Bonchev–Trinajstić information content (AvgIpc) is 2.45. The molecule has 0 unspecified atom stereocenters. The van der Waals surface area contributed by atoms with Gasteiger partial charge in [-0.25, -0.2) is 0 Å². The molecule has 0 aromatic carbocycles. The predicted molar refractivity (Wildman–Crippen MR) is 53.8 cm³/mol. The molecule has 0 saturated heterocycles. The minimum Gasteiger partial charge on any atom is -0.343 e. The molecule has 0 bridgehead atoms. The van der Waals surface area contributed by atoms with E-state index in [-0.39, 0.29) is 11.9 Å². The average molecular weight is 196 g/mol. The van der Waals surface area contributed by atoms with E-state index >= 15 is 0 Å². The van der Waals surface area contributed by atoms with E-state index in [1.807, 2.05) is 6.92 Å². The molecule has 5 heteroatoms. The maximum absolute atomic E-state index is 11.5. The third-order valence-electron chi connectivity index (χ3n) is 2.01. The molecule has 78 valence electrons. The Balaban J connectivity index is 3.02. The second-order valence-corrected chi connectivity index (χ2v) is 3.57. The zero-order valence-electron chi connectivity index (χ0n) is 8.98. The number of aryl methyl sites for hydroxylation is 1. The van der Waals surface area contributed by atoms with Crippen LogP contribution in [-0.2, 0) is 7.05 Å². The molecule has 0 aliphatic heterocycles. The van der Waals surface area contributed by atoms with Crippen molar-refractivity contribution >= 4 is 5.91 Å². The highest BCUT2D eigenvalue weighted by Gasteiger charge is 2.15. The highest BCUT2D eigenvalue weighted by atomic mass is 16.2. The van der Waals surface area contributed by atoms with Crippen LogP contribution in [0.25, 0.3) is 0 Å². The molecule has 0 aliphatic carbocycles. The van der Waals surface area contributed by atoms with Gasteiger partial charge in [-0.2, -0.15) is 5.10 Å². The van der Waals surface area contributed by atoms with Crippen LogP contribution in [-0.4, -0.2) is 34.7 Å². The number of hydrogen-bond donors (Lipinski definition) is 1. The lowest BCUT2D eigenvalue weighted by Crippen LogP contribution is -2.22. The molecule has 14 heavy (non-hydrogen) atoms. The van der Waals surface area contributed by atoms with Gasteiger partial charge < -0.3 is 10.6 Å². The summed E-state index contributed by atoms with van der Waals surface area (Å²) >= 11 is 0. The van der Waals surface area contributed by atoms with Crippen LogP contribution in [0.2, 0.25) is 0 Å². The van der Waals surface area contributed by atoms with E-state index in [2.05, 4.69) is 5.10 Å². The zero-order chi connectivity index (χ0) is 10.9. The highest BCUT2D eigenvalue weighted by molar-refractivity contribution is 5.92. The van der Waals surface area contributed by atoms with E-state index in [0.29, 0.717) is 5.69 Å². The van der Waals surface area contributed by atoms with Crippen molar-refractivity contribution in [3.8, 4) is 0 Å². The smallest absolute Gasteiger partial charge is 0.273 e. The summed E-state index contributed by atoms with van der Waals surface area (Å²) in [5.41, 5.74) is 7.01. The SMILES string of the molecule is C[C@H](N)c1cc(C(=O)N(C)C)nn1C. The van der Waals surface area contributed by atoms with Crippen molar-refractivity contribution in [2.75, 3.05) is 14.1 Å². The fourth-order valence-electron chi connectivity index (χ4n) is 1.24. The van der Waals surface area contributed by atoms with Gasteiger partial charge in [0.15, 0.2) is 5.69 Å². The van der Waals surface area contributed by atoms with Gasteiger partial charge >= 0.3 is 0 Å². The number of aromatic nitrogens is 2. The van der Waals surface area contributed by atoms with Crippen LogP contribution in [0, 0.1) is 0 Å². The molecular weight excluding hydrogens is 180 g/mol. The first kappa shape index (κ1) is 10.7. The van der Waals surface area contributed by atoms with Gasteiger partial charge in [0, 0.05) is 27.2 Å². The fraction of sp³-hybridized carbons (Fsp3) is 0.556. The molecule has 0 spiro atoms. The Hall–Kier alpha value is -1.36. The summed E-state index contributed by atoms with van der Waals surface area (Å²) in [4.78, 5) is 13.0. The Bertz CT molecular complexity index is 341. The Morgan fingerprint density at radius 1 is 1.64 bits per heavy atom.